The third-order valence-electron chi connectivity index (χ3n) is 4.05. The molecule has 0 saturated carbocycles. The first-order chi connectivity index (χ1) is 12.9. The molecular formula is C21H26ClNO4. The van der Waals surface area contributed by atoms with E-state index < -0.39 is 0 Å². The van der Waals surface area contributed by atoms with E-state index in [1.807, 2.05) is 12.1 Å². The topological polar surface area (TPSA) is 56.8 Å². The van der Waals surface area contributed by atoms with E-state index >= 15 is 0 Å². The maximum atomic E-state index is 12.5. The molecule has 0 heterocycles. The third-order valence-corrected chi connectivity index (χ3v) is 4.40. The van der Waals surface area contributed by atoms with Gasteiger partial charge in [0.05, 0.1) is 20.8 Å². The lowest BCUT2D eigenvalue weighted by Gasteiger charge is -2.13. The van der Waals surface area contributed by atoms with E-state index in [-0.39, 0.29) is 12.5 Å². The number of hydrogen-bond donors (Lipinski definition) is 1. The van der Waals surface area contributed by atoms with Crippen molar-refractivity contribution in [3.05, 3.63) is 52.5 Å². The zero-order valence-corrected chi connectivity index (χ0v) is 16.9. The van der Waals surface area contributed by atoms with Gasteiger partial charge in [0.25, 0.3) is 5.91 Å². The smallest absolute Gasteiger partial charge is 0.251 e. The van der Waals surface area contributed by atoms with Crippen molar-refractivity contribution in [3.8, 4) is 17.2 Å². The highest BCUT2D eigenvalue weighted by Gasteiger charge is 2.12. The quantitative estimate of drug-likeness (QED) is 0.672. The Labute approximate surface area is 165 Å². The SMILES string of the molecule is COc1cc(Cl)c(CNC(=O)c2cccc(OCCC(C)C)c2)cc1OC. The van der Waals surface area contributed by atoms with Gasteiger partial charge < -0.3 is 19.5 Å². The van der Waals surface area contributed by atoms with Crippen molar-refractivity contribution in [1.29, 1.82) is 0 Å². The molecule has 0 spiro atoms. The molecule has 1 amide bonds. The second-order valence-corrected chi connectivity index (χ2v) is 6.95. The Morgan fingerprint density at radius 1 is 1.11 bits per heavy atom. The first-order valence-corrected chi connectivity index (χ1v) is 9.23. The predicted octanol–water partition coefficient (Wildman–Crippen LogP) is 4.71. The van der Waals surface area contributed by atoms with Crippen LogP contribution in [-0.2, 0) is 6.54 Å². The van der Waals surface area contributed by atoms with Crippen LogP contribution in [0.3, 0.4) is 0 Å². The monoisotopic (exact) mass is 391 g/mol. The Hall–Kier alpha value is -2.40. The second-order valence-electron chi connectivity index (χ2n) is 6.54. The van der Waals surface area contributed by atoms with Crippen LogP contribution in [0.1, 0.15) is 36.2 Å². The fourth-order valence-corrected chi connectivity index (χ4v) is 2.67. The van der Waals surface area contributed by atoms with E-state index in [4.69, 9.17) is 25.8 Å². The van der Waals surface area contributed by atoms with Gasteiger partial charge in [0, 0.05) is 23.2 Å². The van der Waals surface area contributed by atoms with Gasteiger partial charge in [0.15, 0.2) is 11.5 Å². The van der Waals surface area contributed by atoms with Crippen molar-refractivity contribution in [2.45, 2.75) is 26.8 Å². The number of benzene rings is 2. The summed E-state index contributed by atoms with van der Waals surface area (Å²) in [5, 5.41) is 3.37. The Morgan fingerprint density at radius 2 is 1.81 bits per heavy atom. The normalized spacial score (nSPS) is 10.6. The minimum Gasteiger partial charge on any atom is -0.494 e. The molecule has 0 bridgehead atoms. The van der Waals surface area contributed by atoms with Gasteiger partial charge in [-0.3, -0.25) is 4.79 Å². The molecule has 2 aromatic rings. The van der Waals surface area contributed by atoms with Crippen LogP contribution in [-0.4, -0.2) is 26.7 Å². The summed E-state index contributed by atoms with van der Waals surface area (Å²) in [6.07, 6.45) is 0.966. The largest absolute Gasteiger partial charge is 0.494 e. The zero-order valence-electron chi connectivity index (χ0n) is 16.2. The molecule has 0 fully saturated rings. The summed E-state index contributed by atoms with van der Waals surface area (Å²) in [4.78, 5) is 12.5. The average molecular weight is 392 g/mol. The summed E-state index contributed by atoms with van der Waals surface area (Å²) in [5.41, 5.74) is 1.28. The van der Waals surface area contributed by atoms with E-state index in [0.717, 1.165) is 12.0 Å². The van der Waals surface area contributed by atoms with Crippen molar-refractivity contribution >= 4 is 17.5 Å². The van der Waals surface area contributed by atoms with Gasteiger partial charge in [0.1, 0.15) is 5.75 Å². The summed E-state index contributed by atoms with van der Waals surface area (Å²) in [5.74, 6) is 2.17. The van der Waals surface area contributed by atoms with Crippen LogP contribution < -0.4 is 19.5 Å². The zero-order chi connectivity index (χ0) is 19.8. The number of rotatable bonds is 9. The molecule has 0 aliphatic heterocycles. The molecule has 0 unspecified atom stereocenters. The molecule has 27 heavy (non-hydrogen) atoms. The lowest BCUT2D eigenvalue weighted by atomic mass is 10.1. The number of nitrogens with one attached hydrogen (secondary N) is 1. The van der Waals surface area contributed by atoms with Crippen LogP contribution in [0.25, 0.3) is 0 Å². The predicted molar refractivity (Wildman–Crippen MR) is 107 cm³/mol. The Kier molecular flexibility index (Phi) is 7.80. The minimum absolute atomic E-state index is 0.199. The molecule has 146 valence electrons. The highest BCUT2D eigenvalue weighted by molar-refractivity contribution is 6.31. The lowest BCUT2D eigenvalue weighted by Crippen LogP contribution is -2.23. The molecule has 2 aromatic carbocycles. The molecule has 6 heteroatoms. The number of methoxy groups -OCH3 is 2. The van der Waals surface area contributed by atoms with E-state index in [2.05, 4.69) is 19.2 Å². The third kappa shape index (κ3) is 6.07. The van der Waals surface area contributed by atoms with Crippen molar-refractivity contribution in [3.63, 3.8) is 0 Å². The molecule has 5 nitrogen and oxygen atoms in total. The van der Waals surface area contributed by atoms with Crippen molar-refractivity contribution in [2.75, 3.05) is 20.8 Å². The van der Waals surface area contributed by atoms with Crippen LogP contribution in [0, 0.1) is 5.92 Å². The number of ether oxygens (including phenoxy) is 3. The highest BCUT2D eigenvalue weighted by atomic mass is 35.5. The maximum absolute atomic E-state index is 12.5. The first-order valence-electron chi connectivity index (χ1n) is 8.86. The van der Waals surface area contributed by atoms with Crippen LogP contribution >= 0.6 is 11.6 Å². The van der Waals surface area contributed by atoms with E-state index in [1.54, 1.807) is 38.5 Å². The molecule has 1 N–H and O–H groups in total. The van der Waals surface area contributed by atoms with Crippen molar-refractivity contribution in [2.24, 2.45) is 5.92 Å². The molecule has 0 radical (unpaired) electrons. The molecule has 0 aliphatic rings. The van der Waals surface area contributed by atoms with Crippen LogP contribution in [0.2, 0.25) is 5.02 Å². The van der Waals surface area contributed by atoms with E-state index in [0.29, 0.717) is 40.4 Å². The molecule has 0 aromatic heterocycles. The number of hydrogen-bond acceptors (Lipinski definition) is 4. The standard InChI is InChI=1S/C21H26ClNO4/c1-14(2)8-9-27-17-7-5-6-15(10-17)21(24)23-13-16-11-19(25-3)20(26-4)12-18(16)22/h5-7,10-12,14H,8-9,13H2,1-4H3,(H,23,24). The van der Waals surface area contributed by atoms with Gasteiger partial charge in [-0.15, -0.1) is 0 Å². The van der Waals surface area contributed by atoms with Gasteiger partial charge in [-0.1, -0.05) is 31.5 Å². The van der Waals surface area contributed by atoms with Gasteiger partial charge in [-0.25, -0.2) is 0 Å². The van der Waals surface area contributed by atoms with Crippen molar-refractivity contribution in [1.82, 2.24) is 5.32 Å². The van der Waals surface area contributed by atoms with Crippen LogP contribution in [0.4, 0.5) is 0 Å². The maximum Gasteiger partial charge on any atom is 0.251 e. The molecule has 2 rings (SSSR count). The Balaban J connectivity index is 2.01. The fraction of sp³-hybridized carbons (Fsp3) is 0.381. The summed E-state index contributed by atoms with van der Waals surface area (Å²) in [7, 11) is 3.10. The highest BCUT2D eigenvalue weighted by Crippen LogP contribution is 2.33. The first kappa shape index (κ1) is 20.9. The lowest BCUT2D eigenvalue weighted by molar-refractivity contribution is 0.0950. The van der Waals surface area contributed by atoms with Gasteiger partial charge in [-0.05, 0) is 42.2 Å². The van der Waals surface area contributed by atoms with Gasteiger partial charge in [-0.2, -0.15) is 0 Å². The summed E-state index contributed by atoms with van der Waals surface area (Å²) < 4.78 is 16.2. The fourth-order valence-electron chi connectivity index (χ4n) is 2.45. The minimum atomic E-state index is -0.199. The second kappa shape index (κ2) is 10.1. The molecule has 0 atom stereocenters. The number of halogens is 1. The van der Waals surface area contributed by atoms with E-state index in [1.165, 1.54) is 0 Å². The summed E-state index contributed by atoms with van der Waals surface area (Å²) >= 11 is 6.27. The van der Waals surface area contributed by atoms with Gasteiger partial charge >= 0.3 is 0 Å². The summed E-state index contributed by atoms with van der Waals surface area (Å²) in [6, 6.07) is 10.6. The van der Waals surface area contributed by atoms with Crippen LogP contribution in [0.5, 0.6) is 17.2 Å². The van der Waals surface area contributed by atoms with Gasteiger partial charge in [0.2, 0.25) is 0 Å². The van der Waals surface area contributed by atoms with Crippen molar-refractivity contribution < 1.29 is 19.0 Å². The molecular weight excluding hydrogens is 366 g/mol. The Bertz CT molecular complexity index is 777. The summed E-state index contributed by atoms with van der Waals surface area (Å²) in [6.45, 7) is 5.19. The number of carbonyl (C=O) groups is 1. The van der Waals surface area contributed by atoms with E-state index in [9.17, 15) is 4.79 Å². The number of amides is 1. The average Bonchev–Trinajstić information content (AvgIpc) is 2.66. The molecule has 0 aliphatic carbocycles. The molecule has 0 saturated heterocycles. The number of carbonyl (C=O) groups excluding carboxylic acids is 1. The van der Waals surface area contributed by atoms with Crippen LogP contribution in [0.15, 0.2) is 36.4 Å². The Morgan fingerprint density at radius 3 is 2.48 bits per heavy atom.